The normalized spacial score (nSPS) is 19.6. The number of hydrogen-bond acceptors (Lipinski definition) is 3. The maximum Gasteiger partial charge on any atom is 0.226 e. The Morgan fingerprint density at radius 2 is 2.33 bits per heavy atom. The molecule has 0 bridgehead atoms. The molecule has 4 nitrogen and oxygen atoms in total. The Morgan fingerprint density at radius 1 is 1.50 bits per heavy atom. The number of morpholine rings is 1. The molecule has 1 heterocycles. The number of hydrogen-bond donors (Lipinski definition) is 2. The van der Waals surface area contributed by atoms with Crippen LogP contribution in [0.1, 0.15) is 6.42 Å². The van der Waals surface area contributed by atoms with Crippen molar-refractivity contribution in [3.63, 3.8) is 0 Å². The van der Waals surface area contributed by atoms with E-state index in [-0.39, 0.29) is 11.9 Å². The molecule has 2 N–H and O–H groups in total. The first-order valence-electron chi connectivity index (χ1n) is 5.71. The molecule has 2 rings (SSSR count). The van der Waals surface area contributed by atoms with E-state index in [0.29, 0.717) is 13.0 Å². The molecule has 1 amide bonds. The minimum atomic E-state index is -0.0129. The number of nitrogens with one attached hydrogen (secondary N) is 2. The summed E-state index contributed by atoms with van der Waals surface area (Å²) in [6.07, 6.45) is 0.419. The Labute approximate surface area is 123 Å². The van der Waals surface area contributed by atoms with Gasteiger partial charge in [0.25, 0.3) is 0 Å². The van der Waals surface area contributed by atoms with Crippen LogP contribution in [0, 0.1) is 0 Å². The summed E-state index contributed by atoms with van der Waals surface area (Å²) in [5.41, 5.74) is 0.778. The summed E-state index contributed by atoms with van der Waals surface area (Å²) in [5, 5.41) is 6.14. The number of anilines is 1. The van der Waals surface area contributed by atoms with Crippen LogP contribution in [0.5, 0.6) is 0 Å². The van der Waals surface area contributed by atoms with Gasteiger partial charge in [0, 0.05) is 28.0 Å². The standard InChI is InChI=1S/C12H14Br2N2O2/c13-8-1-2-11(10(14)5-8)16-12(17)6-9-7-18-4-3-15-9/h1-2,5,9,15H,3-4,6-7H2,(H,16,17). The van der Waals surface area contributed by atoms with Crippen LogP contribution >= 0.6 is 31.9 Å². The third-order valence-electron chi connectivity index (χ3n) is 2.64. The second-order valence-corrected chi connectivity index (χ2v) is 5.87. The van der Waals surface area contributed by atoms with Crippen molar-refractivity contribution >= 4 is 43.5 Å². The van der Waals surface area contributed by atoms with Crippen LogP contribution in [-0.2, 0) is 9.53 Å². The van der Waals surface area contributed by atoms with Gasteiger partial charge < -0.3 is 15.4 Å². The molecule has 0 aliphatic carbocycles. The predicted octanol–water partition coefficient (Wildman–Crippen LogP) is 2.53. The van der Waals surface area contributed by atoms with Crippen LogP contribution in [-0.4, -0.2) is 31.7 Å². The molecular formula is C12H14Br2N2O2. The van der Waals surface area contributed by atoms with Crippen molar-refractivity contribution < 1.29 is 9.53 Å². The number of ether oxygens (including phenoxy) is 1. The lowest BCUT2D eigenvalue weighted by Crippen LogP contribution is -2.43. The number of carbonyl (C=O) groups excluding carboxylic acids is 1. The first-order chi connectivity index (χ1) is 8.65. The quantitative estimate of drug-likeness (QED) is 0.850. The van der Waals surface area contributed by atoms with Gasteiger partial charge in [-0.15, -0.1) is 0 Å². The summed E-state index contributed by atoms with van der Waals surface area (Å²) in [6, 6.07) is 5.75. The monoisotopic (exact) mass is 376 g/mol. The van der Waals surface area contributed by atoms with Gasteiger partial charge in [-0.1, -0.05) is 15.9 Å². The van der Waals surface area contributed by atoms with E-state index in [0.717, 1.165) is 27.8 Å². The summed E-state index contributed by atoms with van der Waals surface area (Å²) in [7, 11) is 0. The van der Waals surface area contributed by atoms with Crippen molar-refractivity contribution in [1.82, 2.24) is 5.32 Å². The average molecular weight is 378 g/mol. The van der Waals surface area contributed by atoms with Crippen molar-refractivity contribution in [2.75, 3.05) is 25.1 Å². The Bertz CT molecular complexity index is 434. The molecule has 18 heavy (non-hydrogen) atoms. The van der Waals surface area contributed by atoms with Crippen LogP contribution < -0.4 is 10.6 Å². The molecule has 0 spiro atoms. The van der Waals surface area contributed by atoms with Crippen LogP contribution in [0.15, 0.2) is 27.1 Å². The lowest BCUT2D eigenvalue weighted by molar-refractivity contribution is -0.117. The fourth-order valence-electron chi connectivity index (χ4n) is 1.77. The maximum atomic E-state index is 11.9. The fraction of sp³-hybridized carbons (Fsp3) is 0.417. The van der Waals surface area contributed by atoms with Crippen LogP contribution in [0.3, 0.4) is 0 Å². The lowest BCUT2D eigenvalue weighted by atomic mass is 10.2. The number of amides is 1. The van der Waals surface area contributed by atoms with Gasteiger partial charge in [-0.05, 0) is 34.1 Å². The average Bonchev–Trinajstić information content (AvgIpc) is 2.34. The van der Waals surface area contributed by atoms with Crippen molar-refractivity contribution in [2.45, 2.75) is 12.5 Å². The van der Waals surface area contributed by atoms with Gasteiger partial charge in [0.1, 0.15) is 0 Å². The highest BCUT2D eigenvalue weighted by Crippen LogP contribution is 2.26. The third kappa shape index (κ3) is 4.05. The number of halogens is 2. The van der Waals surface area contributed by atoms with Crippen LogP contribution in [0.25, 0.3) is 0 Å². The second kappa shape index (κ2) is 6.65. The van der Waals surface area contributed by atoms with E-state index in [1.54, 1.807) is 0 Å². The molecule has 1 atom stereocenters. The van der Waals surface area contributed by atoms with Crippen molar-refractivity contribution in [3.8, 4) is 0 Å². The fourth-order valence-corrected chi connectivity index (χ4v) is 2.91. The largest absolute Gasteiger partial charge is 0.378 e. The molecule has 1 unspecified atom stereocenters. The molecule has 1 aromatic carbocycles. The van der Waals surface area contributed by atoms with Gasteiger partial charge in [0.05, 0.1) is 18.9 Å². The Balaban J connectivity index is 1.90. The van der Waals surface area contributed by atoms with E-state index in [1.807, 2.05) is 18.2 Å². The van der Waals surface area contributed by atoms with E-state index in [1.165, 1.54) is 0 Å². The van der Waals surface area contributed by atoms with E-state index in [9.17, 15) is 4.79 Å². The molecule has 1 saturated heterocycles. The topological polar surface area (TPSA) is 50.4 Å². The van der Waals surface area contributed by atoms with Crippen LogP contribution in [0.2, 0.25) is 0 Å². The molecule has 1 aliphatic heterocycles. The summed E-state index contributed by atoms with van der Waals surface area (Å²) in [6.45, 7) is 2.12. The zero-order valence-corrected chi connectivity index (χ0v) is 12.9. The maximum absolute atomic E-state index is 11.9. The Morgan fingerprint density at radius 3 is 3.00 bits per heavy atom. The van der Waals surface area contributed by atoms with Gasteiger partial charge in [-0.2, -0.15) is 0 Å². The number of carbonyl (C=O) groups is 1. The van der Waals surface area contributed by atoms with E-state index < -0.39 is 0 Å². The summed E-state index contributed by atoms with van der Waals surface area (Å²) in [4.78, 5) is 11.9. The number of rotatable bonds is 3. The van der Waals surface area contributed by atoms with Crippen LogP contribution in [0.4, 0.5) is 5.69 Å². The highest BCUT2D eigenvalue weighted by atomic mass is 79.9. The summed E-state index contributed by atoms with van der Waals surface area (Å²) < 4.78 is 7.14. The summed E-state index contributed by atoms with van der Waals surface area (Å²) >= 11 is 6.79. The van der Waals surface area contributed by atoms with Gasteiger partial charge in [0.2, 0.25) is 5.91 Å². The Hall–Kier alpha value is -0.430. The highest BCUT2D eigenvalue weighted by Gasteiger charge is 2.17. The lowest BCUT2D eigenvalue weighted by Gasteiger charge is -2.23. The Kier molecular flexibility index (Phi) is 5.17. The van der Waals surface area contributed by atoms with Gasteiger partial charge in [-0.3, -0.25) is 4.79 Å². The first kappa shape index (κ1) is 14.0. The molecule has 0 aromatic heterocycles. The highest BCUT2D eigenvalue weighted by molar-refractivity contribution is 9.11. The van der Waals surface area contributed by atoms with Crippen molar-refractivity contribution in [1.29, 1.82) is 0 Å². The molecule has 1 fully saturated rings. The van der Waals surface area contributed by atoms with Crippen molar-refractivity contribution in [3.05, 3.63) is 27.1 Å². The molecule has 1 aromatic rings. The van der Waals surface area contributed by atoms with Gasteiger partial charge >= 0.3 is 0 Å². The molecule has 0 radical (unpaired) electrons. The molecular weight excluding hydrogens is 364 g/mol. The smallest absolute Gasteiger partial charge is 0.226 e. The number of benzene rings is 1. The summed E-state index contributed by atoms with van der Waals surface area (Å²) in [5.74, 6) is -0.0129. The zero-order chi connectivity index (χ0) is 13.0. The SMILES string of the molecule is O=C(CC1COCCN1)Nc1ccc(Br)cc1Br. The van der Waals surface area contributed by atoms with E-state index in [4.69, 9.17) is 4.74 Å². The minimum Gasteiger partial charge on any atom is -0.378 e. The third-order valence-corrected chi connectivity index (χ3v) is 3.78. The molecule has 6 heteroatoms. The van der Waals surface area contributed by atoms with Gasteiger partial charge in [-0.25, -0.2) is 0 Å². The second-order valence-electron chi connectivity index (χ2n) is 4.10. The van der Waals surface area contributed by atoms with E-state index >= 15 is 0 Å². The van der Waals surface area contributed by atoms with E-state index in [2.05, 4.69) is 42.5 Å². The molecule has 98 valence electrons. The first-order valence-corrected chi connectivity index (χ1v) is 7.30. The molecule has 0 saturated carbocycles. The van der Waals surface area contributed by atoms with Gasteiger partial charge in [0.15, 0.2) is 0 Å². The minimum absolute atomic E-state index is 0.0129. The zero-order valence-electron chi connectivity index (χ0n) is 9.71. The molecule has 1 aliphatic rings. The van der Waals surface area contributed by atoms with Crippen molar-refractivity contribution in [2.24, 2.45) is 0 Å². The predicted molar refractivity (Wildman–Crippen MR) is 77.7 cm³/mol.